The van der Waals surface area contributed by atoms with Gasteiger partial charge in [-0.05, 0) is 26.9 Å². The van der Waals surface area contributed by atoms with Crippen LogP contribution in [-0.2, 0) is 11.2 Å². The number of aromatic nitrogens is 1. The van der Waals surface area contributed by atoms with E-state index in [1.807, 2.05) is 6.92 Å². The zero-order chi connectivity index (χ0) is 13.5. The Bertz CT molecular complexity index is 372. The van der Waals surface area contributed by atoms with Gasteiger partial charge in [-0.25, -0.2) is 0 Å². The molecule has 0 aliphatic rings. The van der Waals surface area contributed by atoms with Gasteiger partial charge in [-0.2, -0.15) is 0 Å². The molecular weight excluding hydrogens is 230 g/mol. The molecule has 0 aliphatic carbocycles. The molecule has 0 fully saturated rings. The highest BCUT2D eigenvalue weighted by atomic mass is 16.5. The molecule has 0 saturated heterocycles. The van der Waals surface area contributed by atoms with Gasteiger partial charge in [-0.15, -0.1) is 0 Å². The standard InChI is InChI=1S/C13H23N3O2/c1-5-16(6-2)10(3)9-14-13(17)8-12-7-11(4)18-15-12/h7,10H,5-6,8-9H2,1-4H3,(H,14,17). The van der Waals surface area contributed by atoms with E-state index in [1.165, 1.54) is 0 Å². The summed E-state index contributed by atoms with van der Waals surface area (Å²) in [6.45, 7) is 10.8. The normalized spacial score (nSPS) is 12.7. The quantitative estimate of drug-likeness (QED) is 0.797. The molecule has 1 aromatic rings. The first-order chi connectivity index (χ1) is 8.56. The summed E-state index contributed by atoms with van der Waals surface area (Å²) in [5.41, 5.74) is 0.681. The second-order valence-corrected chi connectivity index (χ2v) is 4.48. The molecule has 0 spiro atoms. The highest BCUT2D eigenvalue weighted by Crippen LogP contribution is 2.02. The van der Waals surface area contributed by atoms with Gasteiger partial charge >= 0.3 is 0 Å². The maximum atomic E-state index is 11.7. The Hall–Kier alpha value is -1.36. The van der Waals surface area contributed by atoms with Gasteiger partial charge in [0.15, 0.2) is 0 Å². The fraction of sp³-hybridized carbons (Fsp3) is 0.692. The van der Waals surface area contributed by atoms with Gasteiger partial charge in [-0.3, -0.25) is 9.69 Å². The zero-order valence-corrected chi connectivity index (χ0v) is 11.7. The molecule has 102 valence electrons. The molecular formula is C13H23N3O2. The monoisotopic (exact) mass is 253 g/mol. The van der Waals surface area contributed by atoms with Crippen LogP contribution in [0.25, 0.3) is 0 Å². The Kier molecular flexibility index (Phi) is 5.85. The van der Waals surface area contributed by atoms with E-state index in [0.29, 0.717) is 18.3 Å². The molecule has 1 amide bonds. The number of carbonyl (C=O) groups is 1. The van der Waals surface area contributed by atoms with Gasteiger partial charge in [0.05, 0.1) is 12.1 Å². The van der Waals surface area contributed by atoms with Gasteiger partial charge in [0, 0.05) is 18.7 Å². The van der Waals surface area contributed by atoms with Crippen molar-refractivity contribution in [2.75, 3.05) is 19.6 Å². The molecule has 1 aromatic heterocycles. The van der Waals surface area contributed by atoms with Crippen molar-refractivity contribution in [3.8, 4) is 0 Å². The lowest BCUT2D eigenvalue weighted by Gasteiger charge is -2.26. The first-order valence-electron chi connectivity index (χ1n) is 6.49. The number of hydrogen-bond acceptors (Lipinski definition) is 4. The zero-order valence-electron chi connectivity index (χ0n) is 11.7. The fourth-order valence-electron chi connectivity index (χ4n) is 1.97. The van der Waals surface area contributed by atoms with Gasteiger partial charge in [0.2, 0.25) is 5.91 Å². The molecule has 0 bridgehead atoms. The van der Waals surface area contributed by atoms with Gasteiger partial charge in [0.25, 0.3) is 0 Å². The van der Waals surface area contributed by atoms with E-state index in [9.17, 15) is 4.79 Å². The Morgan fingerprint density at radius 1 is 1.50 bits per heavy atom. The van der Waals surface area contributed by atoms with Crippen LogP contribution in [0.1, 0.15) is 32.2 Å². The van der Waals surface area contributed by atoms with E-state index >= 15 is 0 Å². The molecule has 0 radical (unpaired) electrons. The summed E-state index contributed by atoms with van der Waals surface area (Å²) in [4.78, 5) is 14.0. The molecule has 5 heteroatoms. The minimum Gasteiger partial charge on any atom is -0.361 e. The van der Waals surface area contributed by atoms with Crippen LogP contribution in [0.3, 0.4) is 0 Å². The maximum Gasteiger partial charge on any atom is 0.226 e. The van der Waals surface area contributed by atoms with Crippen LogP contribution in [0.2, 0.25) is 0 Å². The third-order valence-corrected chi connectivity index (χ3v) is 3.05. The van der Waals surface area contributed by atoms with Crippen molar-refractivity contribution in [2.24, 2.45) is 0 Å². The molecule has 1 heterocycles. The summed E-state index contributed by atoms with van der Waals surface area (Å²) < 4.78 is 4.93. The van der Waals surface area contributed by atoms with Crippen LogP contribution < -0.4 is 5.32 Å². The van der Waals surface area contributed by atoms with E-state index in [2.05, 4.69) is 36.1 Å². The number of nitrogens with zero attached hydrogens (tertiary/aromatic N) is 2. The van der Waals surface area contributed by atoms with E-state index < -0.39 is 0 Å². The summed E-state index contributed by atoms with van der Waals surface area (Å²) in [6, 6.07) is 2.14. The van der Waals surface area contributed by atoms with Crippen molar-refractivity contribution < 1.29 is 9.32 Å². The maximum absolute atomic E-state index is 11.7. The summed E-state index contributed by atoms with van der Waals surface area (Å²) in [7, 11) is 0. The molecule has 5 nitrogen and oxygen atoms in total. The van der Waals surface area contributed by atoms with E-state index in [1.54, 1.807) is 6.07 Å². The predicted octanol–water partition coefficient (Wildman–Crippen LogP) is 1.37. The average molecular weight is 253 g/mol. The highest BCUT2D eigenvalue weighted by molar-refractivity contribution is 5.78. The number of hydrogen-bond donors (Lipinski definition) is 1. The minimum absolute atomic E-state index is 0.0118. The molecule has 1 rings (SSSR count). The lowest BCUT2D eigenvalue weighted by Crippen LogP contribution is -2.42. The van der Waals surface area contributed by atoms with E-state index in [4.69, 9.17) is 4.52 Å². The molecule has 1 unspecified atom stereocenters. The summed E-state index contributed by atoms with van der Waals surface area (Å²) >= 11 is 0. The summed E-state index contributed by atoms with van der Waals surface area (Å²) in [5, 5.41) is 6.73. The van der Waals surface area contributed by atoms with E-state index in [-0.39, 0.29) is 12.3 Å². The lowest BCUT2D eigenvalue weighted by molar-refractivity contribution is -0.120. The average Bonchev–Trinajstić information content (AvgIpc) is 2.73. The van der Waals surface area contributed by atoms with Crippen molar-refractivity contribution in [2.45, 2.75) is 40.2 Å². The molecule has 0 saturated carbocycles. The number of rotatable bonds is 7. The molecule has 18 heavy (non-hydrogen) atoms. The lowest BCUT2D eigenvalue weighted by atomic mass is 10.2. The number of likely N-dealkylation sites (N-methyl/N-ethyl adjacent to an activating group) is 1. The van der Waals surface area contributed by atoms with Gasteiger partial charge in [-0.1, -0.05) is 19.0 Å². The minimum atomic E-state index is -0.0118. The first-order valence-corrected chi connectivity index (χ1v) is 6.49. The third-order valence-electron chi connectivity index (χ3n) is 3.05. The van der Waals surface area contributed by atoms with Crippen LogP contribution in [0.4, 0.5) is 0 Å². The Morgan fingerprint density at radius 2 is 2.17 bits per heavy atom. The van der Waals surface area contributed by atoms with Crippen molar-refractivity contribution in [3.05, 3.63) is 17.5 Å². The molecule has 1 N–H and O–H groups in total. The second kappa shape index (κ2) is 7.16. The highest BCUT2D eigenvalue weighted by Gasteiger charge is 2.12. The second-order valence-electron chi connectivity index (χ2n) is 4.48. The number of nitrogens with one attached hydrogen (secondary N) is 1. The first kappa shape index (κ1) is 14.7. The van der Waals surface area contributed by atoms with Crippen LogP contribution in [-0.4, -0.2) is 41.6 Å². The van der Waals surface area contributed by atoms with Crippen molar-refractivity contribution in [1.82, 2.24) is 15.4 Å². The van der Waals surface area contributed by atoms with Gasteiger partial charge in [0.1, 0.15) is 5.76 Å². The van der Waals surface area contributed by atoms with Gasteiger partial charge < -0.3 is 9.84 Å². The predicted molar refractivity (Wildman–Crippen MR) is 70.3 cm³/mol. The Balaban J connectivity index is 2.32. The number of carbonyl (C=O) groups excluding carboxylic acids is 1. The molecule has 0 aromatic carbocycles. The molecule has 1 atom stereocenters. The van der Waals surface area contributed by atoms with Crippen molar-refractivity contribution >= 4 is 5.91 Å². The van der Waals surface area contributed by atoms with Crippen LogP contribution >= 0.6 is 0 Å². The van der Waals surface area contributed by atoms with Crippen LogP contribution in [0.5, 0.6) is 0 Å². The Morgan fingerprint density at radius 3 is 2.67 bits per heavy atom. The van der Waals surface area contributed by atoms with Crippen LogP contribution in [0, 0.1) is 6.92 Å². The summed E-state index contributed by atoms with van der Waals surface area (Å²) in [6.07, 6.45) is 0.280. The topological polar surface area (TPSA) is 58.4 Å². The smallest absolute Gasteiger partial charge is 0.226 e. The largest absolute Gasteiger partial charge is 0.361 e. The fourth-order valence-corrected chi connectivity index (χ4v) is 1.97. The van der Waals surface area contributed by atoms with Crippen molar-refractivity contribution in [3.63, 3.8) is 0 Å². The summed E-state index contributed by atoms with van der Waals surface area (Å²) in [5.74, 6) is 0.719. The molecule has 0 aliphatic heterocycles. The SMILES string of the molecule is CCN(CC)C(C)CNC(=O)Cc1cc(C)on1. The number of amides is 1. The van der Waals surface area contributed by atoms with Crippen molar-refractivity contribution in [1.29, 1.82) is 0 Å². The number of aryl methyl sites for hydroxylation is 1. The Labute approximate surface area is 109 Å². The third kappa shape index (κ3) is 4.49. The van der Waals surface area contributed by atoms with Crippen LogP contribution in [0.15, 0.2) is 10.6 Å². The van der Waals surface area contributed by atoms with E-state index in [0.717, 1.165) is 18.8 Å².